The molecule has 0 amide bonds. The quantitative estimate of drug-likeness (QED) is 0.663. The molecule has 0 atom stereocenters. The Labute approximate surface area is 159 Å². The van der Waals surface area contributed by atoms with Crippen LogP contribution in [-0.2, 0) is 16.6 Å². The fourth-order valence-electron chi connectivity index (χ4n) is 2.17. The first-order chi connectivity index (χ1) is 12.4. The van der Waals surface area contributed by atoms with Crippen LogP contribution in [0.25, 0.3) is 11.4 Å². The van der Waals surface area contributed by atoms with Gasteiger partial charge in [0.15, 0.2) is 0 Å². The first kappa shape index (κ1) is 18.7. The van der Waals surface area contributed by atoms with E-state index >= 15 is 0 Å². The third-order valence-corrected chi connectivity index (χ3v) is 5.40. The van der Waals surface area contributed by atoms with Gasteiger partial charge in [0.25, 0.3) is 0 Å². The molecule has 0 aliphatic rings. The topological polar surface area (TPSA) is 94.3 Å². The number of halogens is 2. The molecule has 0 spiro atoms. The number of methoxy groups -OCH3 is 1. The molecule has 3 rings (SSSR count). The van der Waals surface area contributed by atoms with E-state index in [1.807, 2.05) is 0 Å². The second kappa shape index (κ2) is 7.63. The standard InChI is InChI=1S/C16H13Cl2N3O4S/c1-24-13-7-6-10(17)8-14(13)26(22,23)19-9-15-20-16(21-25-15)11-4-2-3-5-12(11)18/h2-8,19H,9H2,1H3. The molecular formula is C16H13Cl2N3O4S. The highest BCUT2D eigenvalue weighted by atomic mass is 35.5. The van der Waals surface area contributed by atoms with Crippen LogP contribution in [0.15, 0.2) is 51.9 Å². The third kappa shape index (κ3) is 3.99. The number of rotatable bonds is 6. The molecule has 0 radical (unpaired) electrons. The van der Waals surface area contributed by atoms with Crippen molar-refractivity contribution in [2.75, 3.05) is 7.11 Å². The van der Waals surface area contributed by atoms with Crippen molar-refractivity contribution in [2.45, 2.75) is 11.4 Å². The molecule has 136 valence electrons. The summed E-state index contributed by atoms with van der Waals surface area (Å²) in [6.07, 6.45) is 0. The van der Waals surface area contributed by atoms with Gasteiger partial charge in [-0.05, 0) is 30.3 Å². The molecule has 2 aromatic carbocycles. The average molecular weight is 414 g/mol. The molecule has 0 unspecified atom stereocenters. The van der Waals surface area contributed by atoms with Crippen molar-refractivity contribution in [3.05, 3.63) is 58.4 Å². The van der Waals surface area contributed by atoms with Crippen LogP contribution in [0.5, 0.6) is 5.75 Å². The maximum Gasteiger partial charge on any atom is 0.244 e. The van der Waals surface area contributed by atoms with Gasteiger partial charge in [0.1, 0.15) is 10.6 Å². The third-order valence-electron chi connectivity index (χ3n) is 3.41. The van der Waals surface area contributed by atoms with Crippen LogP contribution < -0.4 is 9.46 Å². The smallest absolute Gasteiger partial charge is 0.244 e. The van der Waals surface area contributed by atoms with Gasteiger partial charge in [0, 0.05) is 10.6 Å². The zero-order chi connectivity index (χ0) is 18.7. The lowest BCUT2D eigenvalue weighted by Crippen LogP contribution is -2.24. The summed E-state index contributed by atoms with van der Waals surface area (Å²) >= 11 is 12.0. The van der Waals surface area contributed by atoms with Gasteiger partial charge in [-0.15, -0.1) is 0 Å². The van der Waals surface area contributed by atoms with Crippen LogP contribution in [0.4, 0.5) is 0 Å². The zero-order valence-electron chi connectivity index (χ0n) is 13.4. The van der Waals surface area contributed by atoms with Crippen LogP contribution in [0.1, 0.15) is 5.89 Å². The Morgan fingerprint density at radius 1 is 1.19 bits per heavy atom. The molecule has 10 heteroatoms. The van der Waals surface area contributed by atoms with Gasteiger partial charge in [-0.1, -0.05) is 40.5 Å². The Morgan fingerprint density at radius 2 is 1.96 bits per heavy atom. The Hall–Kier alpha value is -2.13. The lowest BCUT2D eigenvalue weighted by atomic mass is 10.2. The van der Waals surface area contributed by atoms with E-state index < -0.39 is 10.0 Å². The summed E-state index contributed by atoms with van der Waals surface area (Å²) in [4.78, 5) is 4.07. The van der Waals surface area contributed by atoms with Crippen LogP contribution in [0.3, 0.4) is 0 Å². The van der Waals surface area contributed by atoms with E-state index in [1.165, 1.54) is 25.3 Å². The van der Waals surface area contributed by atoms with Crippen molar-refractivity contribution < 1.29 is 17.7 Å². The Morgan fingerprint density at radius 3 is 2.69 bits per heavy atom. The van der Waals surface area contributed by atoms with Gasteiger partial charge in [0.05, 0.1) is 18.7 Å². The van der Waals surface area contributed by atoms with Crippen LogP contribution in [0, 0.1) is 0 Å². The first-order valence-electron chi connectivity index (χ1n) is 7.31. The fourth-order valence-corrected chi connectivity index (χ4v) is 3.80. The second-order valence-corrected chi connectivity index (χ2v) is 7.69. The molecule has 0 saturated carbocycles. The molecule has 0 fully saturated rings. The van der Waals surface area contributed by atoms with Gasteiger partial charge < -0.3 is 9.26 Å². The molecule has 1 N–H and O–H groups in total. The van der Waals surface area contributed by atoms with Crippen LogP contribution >= 0.6 is 23.2 Å². The fraction of sp³-hybridized carbons (Fsp3) is 0.125. The molecule has 1 heterocycles. The Balaban J connectivity index is 1.79. The lowest BCUT2D eigenvalue weighted by Gasteiger charge is -2.09. The number of nitrogens with zero attached hydrogens (tertiary/aromatic N) is 2. The van der Waals surface area contributed by atoms with Crippen molar-refractivity contribution in [1.29, 1.82) is 0 Å². The van der Waals surface area contributed by atoms with Gasteiger partial charge in [-0.2, -0.15) is 4.98 Å². The summed E-state index contributed by atoms with van der Waals surface area (Å²) in [6.45, 7) is -0.199. The molecule has 0 saturated heterocycles. The SMILES string of the molecule is COc1ccc(Cl)cc1S(=O)(=O)NCc1nc(-c2ccccc2Cl)no1. The van der Waals surface area contributed by atoms with E-state index in [9.17, 15) is 8.42 Å². The summed E-state index contributed by atoms with van der Waals surface area (Å²) in [5.74, 6) is 0.527. The maximum atomic E-state index is 12.5. The number of aromatic nitrogens is 2. The number of hydrogen-bond donors (Lipinski definition) is 1. The predicted molar refractivity (Wildman–Crippen MR) is 96.8 cm³/mol. The second-order valence-electron chi connectivity index (χ2n) is 5.11. The summed E-state index contributed by atoms with van der Waals surface area (Å²) in [7, 11) is -2.53. The molecule has 0 bridgehead atoms. The molecule has 26 heavy (non-hydrogen) atoms. The van der Waals surface area contributed by atoms with Crippen molar-refractivity contribution in [2.24, 2.45) is 0 Å². The lowest BCUT2D eigenvalue weighted by molar-refractivity contribution is 0.375. The van der Waals surface area contributed by atoms with Crippen LogP contribution in [-0.4, -0.2) is 25.7 Å². The van der Waals surface area contributed by atoms with Gasteiger partial charge in [-0.25, -0.2) is 13.1 Å². The zero-order valence-corrected chi connectivity index (χ0v) is 15.8. The number of ether oxygens (including phenoxy) is 1. The van der Waals surface area contributed by atoms with Crippen molar-refractivity contribution in [3.8, 4) is 17.1 Å². The molecule has 0 aliphatic heterocycles. The normalized spacial score (nSPS) is 11.5. The highest BCUT2D eigenvalue weighted by molar-refractivity contribution is 7.89. The number of sulfonamides is 1. The highest BCUT2D eigenvalue weighted by Gasteiger charge is 2.21. The first-order valence-corrected chi connectivity index (χ1v) is 9.55. The highest BCUT2D eigenvalue weighted by Crippen LogP contribution is 2.27. The monoisotopic (exact) mass is 413 g/mol. The van der Waals surface area contributed by atoms with E-state index in [0.717, 1.165) is 0 Å². The molecular weight excluding hydrogens is 401 g/mol. The van der Waals surface area contributed by atoms with E-state index in [1.54, 1.807) is 24.3 Å². The Bertz CT molecular complexity index is 1040. The largest absolute Gasteiger partial charge is 0.495 e. The maximum absolute atomic E-state index is 12.5. The molecule has 7 nitrogen and oxygen atoms in total. The summed E-state index contributed by atoms with van der Waals surface area (Å²) in [5, 5.41) is 4.55. The van der Waals surface area contributed by atoms with Gasteiger partial charge in [-0.3, -0.25) is 0 Å². The van der Waals surface area contributed by atoms with Gasteiger partial charge in [0.2, 0.25) is 21.7 Å². The predicted octanol–water partition coefficient (Wildman–Crippen LogP) is 3.53. The molecule has 3 aromatic rings. The van der Waals surface area contributed by atoms with E-state index in [2.05, 4.69) is 14.9 Å². The minimum atomic E-state index is -3.90. The van der Waals surface area contributed by atoms with E-state index in [4.69, 9.17) is 32.5 Å². The summed E-state index contributed by atoms with van der Waals surface area (Å²) < 4.78 is 37.5. The van der Waals surface area contributed by atoms with Crippen molar-refractivity contribution in [1.82, 2.24) is 14.9 Å². The van der Waals surface area contributed by atoms with Gasteiger partial charge >= 0.3 is 0 Å². The number of benzene rings is 2. The number of nitrogens with one attached hydrogen (secondary N) is 1. The summed E-state index contributed by atoms with van der Waals surface area (Å²) in [5.41, 5.74) is 0.587. The van der Waals surface area contributed by atoms with E-state index in [0.29, 0.717) is 10.6 Å². The van der Waals surface area contributed by atoms with Crippen LogP contribution in [0.2, 0.25) is 10.0 Å². The minimum absolute atomic E-state index is 0.0849. The average Bonchev–Trinajstić information content (AvgIpc) is 3.09. The minimum Gasteiger partial charge on any atom is -0.495 e. The van der Waals surface area contributed by atoms with E-state index in [-0.39, 0.29) is 33.9 Å². The molecule has 1 aromatic heterocycles. The summed E-state index contributed by atoms with van der Waals surface area (Å²) in [6, 6.07) is 11.3. The van der Waals surface area contributed by atoms with Crippen molar-refractivity contribution in [3.63, 3.8) is 0 Å². The molecule has 0 aliphatic carbocycles. The van der Waals surface area contributed by atoms with Crippen molar-refractivity contribution >= 4 is 33.2 Å². The Kier molecular flexibility index (Phi) is 5.47. The number of hydrogen-bond acceptors (Lipinski definition) is 6.